The molecule has 5 nitrogen and oxygen atoms in total. The van der Waals surface area contributed by atoms with Crippen molar-refractivity contribution in [2.45, 2.75) is 5.92 Å². The van der Waals surface area contributed by atoms with Crippen LogP contribution in [0.3, 0.4) is 0 Å². The monoisotopic (exact) mass is 261 g/mol. The minimum absolute atomic E-state index is 0.311. The summed E-state index contributed by atoms with van der Waals surface area (Å²) < 4.78 is 5.23. The Morgan fingerprint density at radius 2 is 2.05 bits per heavy atom. The topological polar surface area (TPSA) is 67.6 Å². The van der Waals surface area contributed by atoms with Gasteiger partial charge in [-0.3, -0.25) is 4.79 Å². The summed E-state index contributed by atoms with van der Waals surface area (Å²) in [6.45, 7) is 5.36. The summed E-state index contributed by atoms with van der Waals surface area (Å²) in [5, 5.41) is 3.34. The number of hydrogen-bond acceptors (Lipinski definition) is 4. The summed E-state index contributed by atoms with van der Waals surface area (Å²) in [5.74, 6) is -0.0425. The first-order valence-corrected chi connectivity index (χ1v) is 6.73. The van der Waals surface area contributed by atoms with E-state index in [0.717, 1.165) is 31.7 Å². The number of nitrogens with one attached hydrogen (secondary N) is 1. The molecule has 102 valence electrons. The molecule has 0 atom stereocenters. The second-order valence-electron chi connectivity index (χ2n) is 5.11. The van der Waals surface area contributed by atoms with Crippen LogP contribution in [0.2, 0.25) is 0 Å². The van der Waals surface area contributed by atoms with Gasteiger partial charge in [0.05, 0.1) is 13.2 Å². The van der Waals surface area contributed by atoms with Gasteiger partial charge in [-0.05, 0) is 23.8 Å². The van der Waals surface area contributed by atoms with Crippen LogP contribution in [0.5, 0.6) is 0 Å². The molecule has 3 N–H and O–H groups in total. The maximum Gasteiger partial charge on any atom is 0.248 e. The number of piperazine rings is 1. The van der Waals surface area contributed by atoms with Gasteiger partial charge in [-0.15, -0.1) is 0 Å². The highest BCUT2D eigenvalue weighted by Gasteiger charge is 2.26. The van der Waals surface area contributed by atoms with Crippen molar-refractivity contribution in [1.82, 2.24) is 5.32 Å². The van der Waals surface area contributed by atoms with E-state index in [9.17, 15) is 4.79 Å². The number of anilines is 1. The lowest BCUT2D eigenvalue weighted by molar-refractivity contribution is 0.00816. The van der Waals surface area contributed by atoms with Crippen LogP contribution in [-0.4, -0.2) is 45.3 Å². The molecule has 0 aliphatic carbocycles. The lowest BCUT2D eigenvalue weighted by Gasteiger charge is -2.32. The average Bonchev–Trinajstić information content (AvgIpc) is 2.37. The lowest BCUT2D eigenvalue weighted by atomic mass is 9.91. The average molecular weight is 261 g/mol. The molecule has 0 saturated carbocycles. The van der Waals surface area contributed by atoms with Crippen LogP contribution in [0.4, 0.5) is 5.69 Å². The van der Waals surface area contributed by atoms with E-state index in [1.807, 2.05) is 12.1 Å². The normalized spacial score (nSPS) is 20.1. The fraction of sp³-hybridized carbons (Fsp3) is 0.500. The smallest absolute Gasteiger partial charge is 0.248 e. The van der Waals surface area contributed by atoms with Gasteiger partial charge in [0.15, 0.2) is 0 Å². The summed E-state index contributed by atoms with van der Waals surface area (Å²) >= 11 is 0. The molecular formula is C14H19N3O2. The van der Waals surface area contributed by atoms with Gasteiger partial charge in [-0.2, -0.15) is 0 Å². The molecule has 0 spiro atoms. The van der Waals surface area contributed by atoms with E-state index < -0.39 is 0 Å². The quantitative estimate of drug-likeness (QED) is 0.821. The van der Waals surface area contributed by atoms with Crippen LogP contribution in [0.15, 0.2) is 18.2 Å². The molecular weight excluding hydrogens is 242 g/mol. The van der Waals surface area contributed by atoms with E-state index in [0.29, 0.717) is 24.7 Å². The van der Waals surface area contributed by atoms with Crippen LogP contribution in [0.1, 0.15) is 21.8 Å². The zero-order valence-corrected chi connectivity index (χ0v) is 10.9. The SMILES string of the molecule is NC(=O)c1ccc(N2CCNCC2)cc1C1COC1. The molecule has 1 aromatic rings. The Labute approximate surface area is 112 Å². The second-order valence-corrected chi connectivity index (χ2v) is 5.11. The molecule has 2 saturated heterocycles. The first-order chi connectivity index (χ1) is 9.25. The molecule has 19 heavy (non-hydrogen) atoms. The van der Waals surface area contributed by atoms with E-state index in [-0.39, 0.29) is 5.91 Å². The highest BCUT2D eigenvalue weighted by molar-refractivity contribution is 5.95. The molecule has 5 heteroatoms. The molecule has 0 bridgehead atoms. The second kappa shape index (κ2) is 5.19. The van der Waals surface area contributed by atoms with Crippen molar-refractivity contribution >= 4 is 11.6 Å². The number of nitrogens with two attached hydrogens (primary N) is 1. The van der Waals surface area contributed by atoms with Crippen molar-refractivity contribution < 1.29 is 9.53 Å². The summed E-state index contributed by atoms with van der Waals surface area (Å²) in [7, 11) is 0. The third kappa shape index (κ3) is 2.43. The minimum atomic E-state index is -0.353. The van der Waals surface area contributed by atoms with Crippen LogP contribution in [0, 0.1) is 0 Å². The molecule has 1 aromatic carbocycles. The number of nitrogens with zero attached hydrogens (tertiary/aromatic N) is 1. The fourth-order valence-corrected chi connectivity index (χ4v) is 2.65. The predicted molar refractivity (Wildman–Crippen MR) is 73.6 cm³/mol. The summed E-state index contributed by atoms with van der Waals surface area (Å²) in [4.78, 5) is 13.8. The van der Waals surface area contributed by atoms with Crippen molar-refractivity contribution in [2.75, 3.05) is 44.3 Å². The Hall–Kier alpha value is -1.59. The first-order valence-electron chi connectivity index (χ1n) is 6.73. The number of rotatable bonds is 3. The number of benzene rings is 1. The van der Waals surface area contributed by atoms with Gasteiger partial charge in [-0.25, -0.2) is 0 Å². The van der Waals surface area contributed by atoms with Gasteiger partial charge in [0, 0.05) is 43.3 Å². The fourth-order valence-electron chi connectivity index (χ4n) is 2.65. The highest BCUT2D eigenvalue weighted by atomic mass is 16.5. The Kier molecular flexibility index (Phi) is 3.40. The summed E-state index contributed by atoms with van der Waals surface area (Å²) in [6.07, 6.45) is 0. The summed E-state index contributed by atoms with van der Waals surface area (Å²) in [6, 6.07) is 5.96. The van der Waals surface area contributed by atoms with Gasteiger partial charge >= 0.3 is 0 Å². The molecule has 0 radical (unpaired) electrons. The van der Waals surface area contributed by atoms with Crippen LogP contribution in [-0.2, 0) is 4.74 Å². The number of hydrogen-bond donors (Lipinski definition) is 2. The first kappa shape index (κ1) is 12.4. The number of ether oxygens (including phenoxy) is 1. The van der Waals surface area contributed by atoms with E-state index in [2.05, 4.69) is 16.3 Å². The molecule has 0 unspecified atom stereocenters. The maximum atomic E-state index is 11.5. The number of primary amides is 1. The van der Waals surface area contributed by atoms with Gasteiger partial charge in [0.1, 0.15) is 0 Å². The predicted octanol–water partition coefficient (Wildman–Crippen LogP) is 0.309. The summed E-state index contributed by atoms with van der Waals surface area (Å²) in [5.41, 5.74) is 8.30. The molecule has 2 heterocycles. The Morgan fingerprint density at radius 3 is 2.63 bits per heavy atom. The van der Waals surface area contributed by atoms with E-state index in [1.54, 1.807) is 0 Å². The highest BCUT2D eigenvalue weighted by Crippen LogP contribution is 2.30. The largest absolute Gasteiger partial charge is 0.380 e. The molecule has 2 fully saturated rings. The molecule has 2 aliphatic heterocycles. The standard InChI is InChI=1S/C14H19N3O2/c15-14(18)12-2-1-11(17-5-3-16-4-6-17)7-13(12)10-8-19-9-10/h1-2,7,10,16H,3-6,8-9H2,(H2,15,18). The van der Waals surface area contributed by atoms with E-state index >= 15 is 0 Å². The van der Waals surface area contributed by atoms with Crippen molar-refractivity contribution in [3.8, 4) is 0 Å². The third-order valence-corrected chi connectivity index (χ3v) is 3.86. The van der Waals surface area contributed by atoms with Crippen molar-refractivity contribution in [3.63, 3.8) is 0 Å². The number of carbonyl (C=O) groups is 1. The van der Waals surface area contributed by atoms with Crippen molar-refractivity contribution in [3.05, 3.63) is 29.3 Å². The van der Waals surface area contributed by atoms with Crippen molar-refractivity contribution in [2.24, 2.45) is 5.73 Å². The number of amides is 1. The van der Waals surface area contributed by atoms with Crippen LogP contribution >= 0.6 is 0 Å². The van der Waals surface area contributed by atoms with Crippen molar-refractivity contribution in [1.29, 1.82) is 0 Å². The molecule has 2 aliphatic rings. The Bertz CT molecular complexity index is 480. The lowest BCUT2D eigenvalue weighted by Crippen LogP contribution is -2.43. The number of carbonyl (C=O) groups excluding carboxylic acids is 1. The Morgan fingerprint density at radius 1 is 1.32 bits per heavy atom. The molecule has 0 aromatic heterocycles. The third-order valence-electron chi connectivity index (χ3n) is 3.86. The van der Waals surface area contributed by atoms with Crippen LogP contribution in [0.25, 0.3) is 0 Å². The van der Waals surface area contributed by atoms with Gasteiger partial charge in [0.2, 0.25) is 5.91 Å². The van der Waals surface area contributed by atoms with E-state index in [1.165, 1.54) is 5.69 Å². The van der Waals surface area contributed by atoms with Crippen LogP contribution < -0.4 is 16.0 Å². The molecule has 1 amide bonds. The van der Waals surface area contributed by atoms with Gasteiger partial charge in [-0.1, -0.05) is 0 Å². The zero-order chi connectivity index (χ0) is 13.2. The molecule has 3 rings (SSSR count). The maximum absolute atomic E-state index is 11.5. The van der Waals surface area contributed by atoms with Gasteiger partial charge < -0.3 is 20.7 Å². The van der Waals surface area contributed by atoms with Gasteiger partial charge in [0.25, 0.3) is 0 Å². The van der Waals surface area contributed by atoms with E-state index in [4.69, 9.17) is 10.5 Å². The Balaban J connectivity index is 1.91. The minimum Gasteiger partial charge on any atom is -0.380 e. The zero-order valence-electron chi connectivity index (χ0n) is 10.9.